The third-order valence-electron chi connectivity index (χ3n) is 5.49. The molecule has 1 fully saturated rings. The van der Waals surface area contributed by atoms with E-state index in [1.165, 1.54) is 43.4 Å². The van der Waals surface area contributed by atoms with Crippen molar-refractivity contribution in [2.75, 3.05) is 19.7 Å². The van der Waals surface area contributed by atoms with E-state index < -0.39 is 0 Å². The first kappa shape index (κ1) is 15.8. The van der Waals surface area contributed by atoms with Gasteiger partial charge in [0.1, 0.15) is 5.75 Å². The van der Waals surface area contributed by atoms with Crippen molar-refractivity contribution in [3.05, 3.63) is 29.3 Å². The van der Waals surface area contributed by atoms with Crippen molar-refractivity contribution in [3.8, 4) is 5.75 Å². The molecule has 2 heterocycles. The number of piperidine rings is 1. The fourth-order valence-corrected chi connectivity index (χ4v) is 3.99. The predicted octanol–water partition coefficient (Wildman–Crippen LogP) is 3.52. The van der Waals surface area contributed by atoms with Crippen LogP contribution in [-0.4, -0.2) is 30.6 Å². The Hall–Kier alpha value is -1.06. The maximum atomic E-state index is 6.61. The zero-order valence-corrected chi connectivity index (χ0v) is 14.1. The molecule has 2 aliphatic heterocycles. The molecular formula is C19H30N2O. The number of nitrogens with two attached hydrogens (primary N) is 1. The van der Waals surface area contributed by atoms with E-state index in [4.69, 9.17) is 10.5 Å². The van der Waals surface area contributed by atoms with Crippen molar-refractivity contribution in [3.63, 3.8) is 0 Å². The Morgan fingerprint density at radius 1 is 1.27 bits per heavy atom. The normalized spacial score (nSPS) is 29.0. The Labute approximate surface area is 134 Å². The Bertz CT molecular complexity index is 502. The fraction of sp³-hybridized carbons (Fsp3) is 0.684. The molecule has 3 atom stereocenters. The molecule has 0 radical (unpaired) electrons. The van der Waals surface area contributed by atoms with E-state index in [1.807, 2.05) is 0 Å². The second-order valence-corrected chi connectivity index (χ2v) is 6.88. The third kappa shape index (κ3) is 3.16. The minimum absolute atomic E-state index is 0.106. The number of likely N-dealkylation sites (tertiary alicyclic amines) is 1. The summed E-state index contributed by atoms with van der Waals surface area (Å²) < 4.78 is 6.01. The summed E-state index contributed by atoms with van der Waals surface area (Å²) in [5, 5.41) is 0. The average Bonchev–Trinajstić information content (AvgIpc) is 2.57. The number of benzene rings is 1. The number of fused-ring (bicyclic) bond motifs is 1. The van der Waals surface area contributed by atoms with Gasteiger partial charge in [-0.1, -0.05) is 32.4 Å². The SMILES string of the molecule is CCc1ccc2c(c1)C(N)C(CN1CCCCC1CC)CO2. The zero-order chi connectivity index (χ0) is 15.5. The van der Waals surface area contributed by atoms with Crippen molar-refractivity contribution in [2.24, 2.45) is 11.7 Å². The minimum atomic E-state index is 0.106. The molecule has 2 N–H and O–H groups in total. The van der Waals surface area contributed by atoms with Crippen LogP contribution in [0.2, 0.25) is 0 Å². The van der Waals surface area contributed by atoms with Gasteiger partial charge in [0.05, 0.1) is 6.61 Å². The monoisotopic (exact) mass is 302 g/mol. The summed E-state index contributed by atoms with van der Waals surface area (Å²) in [4.78, 5) is 2.66. The van der Waals surface area contributed by atoms with Crippen LogP contribution in [0.25, 0.3) is 0 Å². The molecule has 1 aromatic rings. The van der Waals surface area contributed by atoms with Gasteiger partial charge in [-0.3, -0.25) is 4.90 Å². The van der Waals surface area contributed by atoms with Crippen molar-refractivity contribution in [1.29, 1.82) is 0 Å². The average molecular weight is 302 g/mol. The Balaban J connectivity index is 1.73. The first-order chi connectivity index (χ1) is 10.7. The lowest BCUT2D eigenvalue weighted by molar-refractivity contribution is 0.0851. The summed E-state index contributed by atoms with van der Waals surface area (Å²) in [6.07, 6.45) is 6.35. The number of hydrogen-bond donors (Lipinski definition) is 1. The van der Waals surface area contributed by atoms with Gasteiger partial charge in [0, 0.05) is 30.1 Å². The number of ether oxygens (including phenoxy) is 1. The number of rotatable bonds is 4. The summed E-state index contributed by atoms with van der Waals surface area (Å²) in [5.41, 5.74) is 9.17. The molecule has 1 saturated heterocycles. The maximum Gasteiger partial charge on any atom is 0.124 e. The topological polar surface area (TPSA) is 38.5 Å². The van der Waals surface area contributed by atoms with Crippen LogP contribution in [-0.2, 0) is 6.42 Å². The summed E-state index contributed by atoms with van der Waals surface area (Å²) >= 11 is 0. The van der Waals surface area contributed by atoms with Crippen LogP contribution in [0.3, 0.4) is 0 Å². The second-order valence-electron chi connectivity index (χ2n) is 6.88. The molecule has 3 unspecified atom stereocenters. The van der Waals surface area contributed by atoms with Crippen LogP contribution in [0, 0.1) is 5.92 Å². The van der Waals surface area contributed by atoms with Gasteiger partial charge in [0.15, 0.2) is 0 Å². The van der Waals surface area contributed by atoms with Crippen LogP contribution < -0.4 is 10.5 Å². The van der Waals surface area contributed by atoms with Gasteiger partial charge >= 0.3 is 0 Å². The molecule has 0 spiro atoms. The molecule has 0 amide bonds. The molecular weight excluding hydrogens is 272 g/mol. The predicted molar refractivity (Wildman–Crippen MR) is 91.2 cm³/mol. The smallest absolute Gasteiger partial charge is 0.124 e. The number of hydrogen-bond acceptors (Lipinski definition) is 3. The Kier molecular flexibility index (Phi) is 5.04. The molecule has 3 heteroatoms. The Morgan fingerprint density at radius 2 is 2.14 bits per heavy atom. The van der Waals surface area contributed by atoms with Gasteiger partial charge in [0.25, 0.3) is 0 Å². The van der Waals surface area contributed by atoms with E-state index in [1.54, 1.807) is 0 Å². The molecule has 1 aromatic carbocycles. The second kappa shape index (κ2) is 7.01. The highest BCUT2D eigenvalue weighted by Crippen LogP contribution is 2.36. The lowest BCUT2D eigenvalue weighted by Gasteiger charge is -2.40. The van der Waals surface area contributed by atoms with Crippen LogP contribution >= 0.6 is 0 Å². The molecule has 0 bridgehead atoms. The van der Waals surface area contributed by atoms with E-state index in [0.717, 1.165) is 31.4 Å². The highest BCUT2D eigenvalue weighted by molar-refractivity contribution is 5.41. The summed E-state index contributed by atoms with van der Waals surface area (Å²) in [6.45, 7) is 7.56. The number of aryl methyl sites for hydroxylation is 1. The zero-order valence-electron chi connectivity index (χ0n) is 14.1. The van der Waals surface area contributed by atoms with Gasteiger partial charge in [0.2, 0.25) is 0 Å². The van der Waals surface area contributed by atoms with Gasteiger partial charge in [-0.25, -0.2) is 0 Å². The van der Waals surface area contributed by atoms with Crippen molar-refractivity contribution in [2.45, 2.75) is 58.0 Å². The van der Waals surface area contributed by atoms with E-state index in [2.05, 4.69) is 36.9 Å². The largest absolute Gasteiger partial charge is 0.493 e. The molecule has 0 aliphatic carbocycles. The fourth-order valence-electron chi connectivity index (χ4n) is 3.99. The molecule has 0 saturated carbocycles. The van der Waals surface area contributed by atoms with Crippen LogP contribution in [0.15, 0.2) is 18.2 Å². The standard InChI is InChI=1S/C19H30N2O/c1-3-14-8-9-18-17(11-14)19(20)15(13-22-18)12-21-10-6-5-7-16(21)4-2/h8-9,11,15-16,19H,3-7,10,12-13,20H2,1-2H3. The van der Waals surface area contributed by atoms with E-state index in [9.17, 15) is 0 Å². The van der Waals surface area contributed by atoms with E-state index in [0.29, 0.717) is 5.92 Å². The first-order valence-corrected chi connectivity index (χ1v) is 8.98. The first-order valence-electron chi connectivity index (χ1n) is 8.98. The lowest BCUT2D eigenvalue weighted by Crippen LogP contribution is -2.46. The molecule has 3 rings (SSSR count). The lowest BCUT2D eigenvalue weighted by atomic mass is 9.88. The van der Waals surface area contributed by atoms with E-state index >= 15 is 0 Å². The maximum absolute atomic E-state index is 6.61. The van der Waals surface area contributed by atoms with E-state index in [-0.39, 0.29) is 6.04 Å². The van der Waals surface area contributed by atoms with Crippen LogP contribution in [0.1, 0.15) is 56.7 Å². The molecule has 0 aromatic heterocycles. The Morgan fingerprint density at radius 3 is 2.91 bits per heavy atom. The highest BCUT2D eigenvalue weighted by Gasteiger charge is 2.32. The van der Waals surface area contributed by atoms with Crippen molar-refractivity contribution in [1.82, 2.24) is 4.90 Å². The summed E-state index contributed by atoms with van der Waals surface area (Å²) in [6, 6.07) is 7.35. The van der Waals surface area contributed by atoms with Gasteiger partial charge in [-0.15, -0.1) is 0 Å². The summed E-state index contributed by atoms with van der Waals surface area (Å²) in [5.74, 6) is 1.40. The van der Waals surface area contributed by atoms with Gasteiger partial charge < -0.3 is 10.5 Å². The van der Waals surface area contributed by atoms with Crippen LogP contribution in [0.5, 0.6) is 5.75 Å². The minimum Gasteiger partial charge on any atom is -0.493 e. The molecule has 3 nitrogen and oxygen atoms in total. The molecule has 22 heavy (non-hydrogen) atoms. The third-order valence-corrected chi connectivity index (χ3v) is 5.49. The summed E-state index contributed by atoms with van der Waals surface area (Å²) in [7, 11) is 0. The van der Waals surface area contributed by atoms with Crippen molar-refractivity contribution < 1.29 is 4.74 Å². The quantitative estimate of drug-likeness (QED) is 0.925. The van der Waals surface area contributed by atoms with Gasteiger partial charge in [-0.05, 0) is 43.9 Å². The number of nitrogens with zero attached hydrogens (tertiary/aromatic N) is 1. The molecule has 122 valence electrons. The van der Waals surface area contributed by atoms with Crippen LogP contribution in [0.4, 0.5) is 0 Å². The van der Waals surface area contributed by atoms with Gasteiger partial charge in [-0.2, -0.15) is 0 Å². The molecule has 2 aliphatic rings. The van der Waals surface area contributed by atoms with Crippen molar-refractivity contribution >= 4 is 0 Å². The highest BCUT2D eigenvalue weighted by atomic mass is 16.5.